The van der Waals surface area contributed by atoms with Crippen molar-refractivity contribution < 1.29 is 0 Å². The van der Waals surface area contributed by atoms with Gasteiger partial charge in [-0.05, 0) is 75.8 Å². The first-order valence-corrected chi connectivity index (χ1v) is 15.1. The van der Waals surface area contributed by atoms with Crippen LogP contribution in [-0.4, -0.2) is 4.57 Å². The first-order chi connectivity index (χ1) is 20.1. The zero-order valence-electron chi connectivity index (χ0n) is 23.0. The van der Waals surface area contributed by atoms with E-state index in [1.165, 1.54) is 81.0 Å². The molecule has 0 aliphatic heterocycles. The van der Waals surface area contributed by atoms with Crippen LogP contribution in [0.2, 0.25) is 0 Å². The van der Waals surface area contributed by atoms with Crippen molar-refractivity contribution in [3.8, 4) is 27.9 Å². The average Bonchev–Trinajstić information content (AvgIpc) is 3.61. The number of para-hydroxylation sites is 1. The van der Waals surface area contributed by atoms with Gasteiger partial charge in [-0.15, -0.1) is 11.3 Å². The molecule has 0 amide bonds. The SMILES string of the molecule is CC1(C)c2ccccc2-c2cc(-c3ccc(-n4c5ccccc5c5cc6sc7ccccc7c6cc54)cc3)ccc21. The van der Waals surface area contributed by atoms with Crippen LogP contribution in [0.3, 0.4) is 0 Å². The molecule has 2 heterocycles. The predicted octanol–water partition coefficient (Wildman–Crippen LogP) is 11.1. The summed E-state index contributed by atoms with van der Waals surface area (Å²) in [6, 6.07) is 47.3. The molecule has 194 valence electrons. The number of nitrogens with zero attached hydrogens (tertiary/aromatic N) is 1. The lowest BCUT2D eigenvalue weighted by molar-refractivity contribution is 0.660. The van der Waals surface area contributed by atoms with Crippen molar-refractivity contribution in [2.75, 3.05) is 0 Å². The molecule has 0 spiro atoms. The topological polar surface area (TPSA) is 4.93 Å². The Morgan fingerprint density at radius 3 is 2.07 bits per heavy atom. The fourth-order valence-corrected chi connectivity index (χ4v) is 8.29. The molecule has 0 N–H and O–H groups in total. The normalized spacial score (nSPS) is 13.8. The predicted molar refractivity (Wildman–Crippen MR) is 177 cm³/mol. The van der Waals surface area contributed by atoms with E-state index in [4.69, 9.17) is 0 Å². The third-order valence-corrected chi connectivity index (χ3v) is 10.3. The smallest absolute Gasteiger partial charge is 0.0548 e. The maximum atomic E-state index is 2.43. The molecule has 0 radical (unpaired) electrons. The molecule has 1 aliphatic carbocycles. The molecule has 9 rings (SSSR count). The standard InChI is InChI=1S/C39H27NS/c1-39(2)33-12-6-3-9-27(33)30-21-25(17-20-34(30)39)24-15-18-26(19-16-24)40-35-13-7-4-10-28(35)31-23-38-32(22-36(31)40)29-11-5-8-14-37(29)41-38/h3-23H,1-2H3. The quantitative estimate of drug-likeness (QED) is 0.205. The highest BCUT2D eigenvalue weighted by Crippen LogP contribution is 2.49. The van der Waals surface area contributed by atoms with Crippen LogP contribution in [-0.2, 0) is 5.41 Å². The molecule has 0 unspecified atom stereocenters. The molecule has 0 bridgehead atoms. The number of rotatable bonds is 2. The Morgan fingerprint density at radius 1 is 0.488 bits per heavy atom. The highest BCUT2D eigenvalue weighted by Gasteiger charge is 2.35. The van der Waals surface area contributed by atoms with Gasteiger partial charge in [0.15, 0.2) is 0 Å². The van der Waals surface area contributed by atoms with Crippen LogP contribution in [0.1, 0.15) is 25.0 Å². The third kappa shape index (κ3) is 3.17. The molecule has 2 aromatic heterocycles. The van der Waals surface area contributed by atoms with E-state index in [1.54, 1.807) is 0 Å². The van der Waals surface area contributed by atoms with Gasteiger partial charge in [0.1, 0.15) is 0 Å². The van der Waals surface area contributed by atoms with Crippen molar-refractivity contribution in [1.29, 1.82) is 0 Å². The second-order valence-corrected chi connectivity index (χ2v) is 12.9. The van der Waals surface area contributed by atoms with Crippen LogP contribution < -0.4 is 0 Å². The van der Waals surface area contributed by atoms with Gasteiger partial charge in [0.05, 0.1) is 11.0 Å². The highest BCUT2D eigenvalue weighted by atomic mass is 32.1. The Kier molecular flexibility index (Phi) is 4.61. The molecule has 1 nitrogen and oxygen atoms in total. The molecule has 0 saturated heterocycles. The van der Waals surface area contributed by atoms with Crippen molar-refractivity contribution in [3.63, 3.8) is 0 Å². The molecule has 2 heteroatoms. The van der Waals surface area contributed by atoms with E-state index in [9.17, 15) is 0 Å². The Balaban J connectivity index is 1.21. The molecule has 41 heavy (non-hydrogen) atoms. The van der Waals surface area contributed by atoms with Crippen molar-refractivity contribution >= 4 is 53.3 Å². The first-order valence-electron chi connectivity index (χ1n) is 14.3. The van der Waals surface area contributed by atoms with Crippen molar-refractivity contribution in [2.24, 2.45) is 0 Å². The molecule has 0 fully saturated rings. The summed E-state index contributed by atoms with van der Waals surface area (Å²) in [6.07, 6.45) is 0. The molecular weight excluding hydrogens is 515 g/mol. The van der Waals surface area contributed by atoms with E-state index in [1.807, 2.05) is 11.3 Å². The van der Waals surface area contributed by atoms with Gasteiger partial charge in [-0.2, -0.15) is 0 Å². The van der Waals surface area contributed by atoms with Crippen molar-refractivity contribution in [1.82, 2.24) is 4.57 Å². The summed E-state index contributed by atoms with van der Waals surface area (Å²) in [7, 11) is 0. The number of aromatic nitrogens is 1. The number of thiophene rings is 1. The Hall–Kier alpha value is -4.66. The minimum atomic E-state index is 0.0318. The highest BCUT2D eigenvalue weighted by molar-refractivity contribution is 7.25. The van der Waals surface area contributed by atoms with Gasteiger partial charge >= 0.3 is 0 Å². The Labute approximate surface area is 242 Å². The average molecular weight is 542 g/mol. The van der Waals surface area contributed by atoms with Crippen LogP contribution in [0.5, 0.6) is 0 Å². The van der Waals surface area contributed by atoms with Gasteiger partial charge in [0, 0.05) is 42.0 Å². The second-order valence-electron chi connectivity index (χ2n) is 11.8. The maximum Gasteiger partial charge on any atom is 0.0548 e. The molecule has 1 aliphatic rings. The van der Waals surface area contributed by atoms with Gasteiger partial charge in [0.25, 0.3) is 0 Å². The minimum Gasteiger partial charge on any atom is -0.309 e. The summed E-state index contributed by atoms with van der Waals surface area (Å²) in [5.74, 6) is 0. The van der Waals surface area contributed by atoms with E-state index >= 15 is 0 Å². The first kappa shape index (κ1) is 23.1. The van der Waals surface area contributed by atoms with Crippen molar-refractivity contribution in [2.45, 2.75) is 19.3 Å². The van der Waals surface area contributed by atoms with Gasteiger partial charge in [-0.1, -0.05) is 98.8 Å². The third-order valence-electron chi connectivity index (χ3n) is 9.21. The summed E-state index contributed by atoms with van der Waals surface area (Å²) in [5.41, 5.74) is 11.8. The fraction of sp³-hybridized carbons (Fsp3) is 0.0769. The lowest BCUT2D eigenvalue weighted by Gasteiger charge is -2.21. The fourth-order valence-electron chi connectivity index (χ4n) is 7.17. The summed E-state index contributed by atoms with van der Waals surface area (Å²) >= 11 is 1.88. The Morgan fingerprint density at radius 2 is 1.20 bits per heavy atom. The zero-order chi connectivity index (χ0) is 27.3. The summed E-state index contributed by atoms with van der Waals surface area (Å²) in [4.78, 5) is 0. The maximum absolute atomic E-state index is 2.43. The van der Waals surface area contributed by atoms with Gasteiger partial charge in [-0.25, -0.2) is 0 Å². The van der Waals surface area contributed by atoms with E-state index < -0.39 is 0 Å². The van der Waals surface area contributed by atoms with Gasteiger partial charge in [-0.3, -0.25) is 0 Å². The molecule has 0 atom stereocenters. The van der Waals surface area contributed by atoms with Gasteiger partial charge in [0.2, 0.25) is 0 Å². The van der Waals surface area contributed by atoms with Crippen LogP contribution in [0.25, 0.3) is 69.9 Å². The molecule has 0 saturated carbocycles. The molecule has 6 aromatic carbocycles. The molecule has 8 aromatic rings. The largest absolute Gasteiger partial charge is 0.309 e. The summed E-state index contributed by atoms with van der Waals surface area (Å²) in [6.45, 7) is 4.68. The van der Waals surface area contributed by atoms with Crippen LogP contribution >= 0.6 is 11.3 Å². The number of hydrogen-bond acceptors (Lipinski definition) is 1. The number of fused-ring (bicyclic) bond motifs is 9. The van der Waals surface area contributed by atoms with Crippen LogP contribution in [0, 0.1) is 0 Å². The number of hydrogen-bond donors (Lipinski definition) is 0. The van der Waals surface area contributed by atoms with E-state index in [0.29, 0.717) is 0 Å². The summed E-state index contributed by atoms with van der Waals surface area (Å²) < 4.78 is 5.12. The Bertz CT molecular complexity index is 2330. The molecular formula is C39H27NS. The lowest BCUT2D eigenvalue weighted by Crippen LogP contribution is -2.14. The van der Waals surface area contributed by atoms with E-state index in [-0.39, 0.29) is 5.41 Å². The number of benzene rings is 6. The van der Waals surface area contributed by atoms with Crippen LogP contribution in [0.4, 0.5) is 0 Å². The zero-order valence-corrected chi connectivity index (χ0v) is 23.8. The minimum absolute atomic E-state index is 0.0318. The van der Waals surface area contributed by atoms with Gasteiger partial charge < -0.3 is 4.57 Å². The monoisotopic (exact) mass is 541 g/mol. The summed E-state index contributed by atoms with van der Waals surface area (Å²) in [5, 5.41) is 5.28. The van der Waals surface area contributed by atoms with E-state index in [0.717, 1.165) is 0 Å². The lowest BCUT2D eigenvalue weighted by atomic mass is 9.82. The van der Waals surface area contributed by atoms with E-state index in [2.05, 4.69) is 146 Å². The second kappa shape index (κ2) is 8.19. The van der Waals surface area contributed by atoms with Crippen molar-refractivity contribution in [3.05, 3.63) is 139 Å². The van der Waals surface area contributed by atoms with Crippen LogP contribution in [0.15, 0.2) is 127 Å².